The van der Waals surface area contributed by atoms with Crippen LogP contribution < -0.4 is 5.32 Å². The SMILES string of the molecule is O=C(O)CCc1ccc(NC[C@H](Cc2ccccc2)n2cc(-c3ccccc3Cl)cn2)nc1. The highest BCUT2D eigenvalue weighted by molar-refractivity contribution is 6.33. The number of pyridine rings is 1. The molecule has 0 saturated carbocycles. The number of hydrogen-bond donors (Lipinski definition) is 2. The molecule has 2 aromatic carbocycles. The minimum atomic E-state index is -0.809. The van der Waals surface area contributed by atoms with Crippen LogP contribution in [0.5, 0.6) is 0 Å². The summed E-state index contributed by atoms with van der Waals surface area (Å²) in [6.07, 6.45) is 6.96. The molecule has 2 heterocycles. The minimum Gasteiger partial charge on any atom is -0.481 e. The number of halogens is 1. The Morgan fingerprint density at radius 2 is 1.79 bits per heavy atom. The van der Waals surface area contributed by atoms with Crippen LogP contribution in [-0.2, 0) is 17.6 Å². The first kappa shape index (κ1) is 22.6. The summed E-state index contributed by atoms with van der Waals surface area (Å²) in [5, 5.41) is 17.6. The second-order valence-corrected chi connectivity index (χ2v) is 8.27. The van der Waals surface area contributed by atoms with Crippen LogP contribution in [0.4, 0.5) is 5.82 Å². The average Bonchev–Trinajstić information content (AvgIpc) is 3.32. The van der Waals surface area contributed by atoms with Crippen molar-refractivity contribution >= 4 is 23.4 Å². The lowest BCUT2D eigenvalue weighted by atomic mass is 10.1. The summed E-state index contributed by atoms with van der Waals surface area (Å²) in [7, 11) is 0. The van der Waals surface area contributed by atoms with Gasteiger partial charge in [0.25, 0.3) is 0 Å². The second kappa shape index (κ2) is 10.8. The average molecular weight is 461 g/mol. The molecule has 0 spiro atoms. The van der Waals surface area contributed by atoms with Crippen LogP contribution >= 0.6 is 11.6 Å². The Bertz CT molecular complexity index is 1190. The minimum absolute atomic E-state index is 0.0529. The number of hydrogen-bond acceptors (Lipinski definition) is 4. The molecule has 168 valence electrons. The maximum Gasteiger partial charge on any atom is 0.303 e. The molecular weight excluding hydrogens is 436 g/mol. The number of anilines is 1. The number of carboxylic acids is 1. The lowest BCUT2D eigenvalue weighted by Gasteiger charge is -2.19. The first-order chi connectivity index (χ1) is 16.1. The van der Waals surface area contributed by atoms with Crippen LogP contribution in [-0.4, -0.2) is 32.4 Å². The lowest BCUT2D eigenvalue weighted by Crippen LogP contribution is -2.22. The molecule has 0 aliphatic heterocycles. The van der Waals surface area contributed by atoms with Gasteiger partial charge in [-0.2, -0.15) is 5.10 Å². The number of carboxylic acid groups (broad SMARTS) is 1. The van der Waals surface area contributed by atoms with Crippen LogP contribution in [0.3, 0.4) is 0 Å². The molecule has 0 aliphatic carbocycles. The summed E-state index contributed by atoms with van der Waals surface area (Å²) in [5.74, 6) is -0.0676. The molecule has 7 heteroatoms. The number of aliphatic carboxylic acids is 1. The van der Waals surface area contributed by atoms with E-state index in [1.54, 1.807) is 6.20 Å². The normalized spacial score (nSPS) is 11.8. The quantitative estimate of drug-likeness (QED) is 0.326. The number of nitrogens with zero attached hydrogens (tertiary/aromatic N) is 3. The molecule has 0 fully saturated rings. The molecule has 33 heavy (non-hydrogen) atoms. The van der Waals surface area contributed by atoms with Gasteiger partial charge in [-0.25, -0.2) is 4.98 Å². The van der Waals surface area contributed by atoms with Crippen molar-refractivity contribution < 1.29 is 9.90 Å². The van der Waals surface area contributed by atoms with E-state index in [0.717, 1.165) is 28.9 Å². The van der Waals surface area contributed by atoms with Gasteiger partial charge in [-0.05, 0) is 36.1 Å². The predicted molar refractivity (Wildman–Crippen MR) is 131 cm³/mol. The Morgan fingerprint density at radius 1 is 1.00 bits per heavy atom. The Kier molecular flexibility index (Phi) is 7.37. The van der Waals surface area contributed by atoms with E-state index in [0.29, 0.717) is 18.0 Å². The number of aromatic nitrogens is 3. The summed E-state index contributed by atoms with van der Waals surface area (Å²) in [5.41, 5.74) is 4.05. The van der Waals surface area contributed by atoms with Crippen LogP contribution in [0, 0.1) is 0 Å². The van der Waals surface area contributed by atoms with Crippen LogP contribution in [0.15, 0.2) is 85.3 Å². The molecule has 2 N–H and O–H groups in total. The predicted octanol–water partition coefficient (Wildman–Crippen LogP) is 5.51. The van der Waals surface area contributed by atoms with Crippen LogP contribution in [0.2, 0.25) is 5.02 Å². The van der Waals surface area contributed by atoms with Gasteiger partial charge in [-0.1, -0.05) is 66.2 Å². The topological polar surface area (TPSA) is 80.0 Å². The first-order valence-corrected chi connectivity index (χ1v) is 11.2. The highest BCUT2D eigenvalue weighted by Crippen LogP contribution is 2.28. The molecule has 4 rings (SSSR count). The Morgan fingerprint density at radius 3 is 2.52 bits per heavy atom. The van der Waals surface area contributed by atoms with E-state index in [1.807, 2.05) is 71.7 Å². The fourth-order valence-electron chi connectivity index (χ4n) is 3.67. The highest BCUT2D eigenvalue weighted by Gasteiger charge is 2.15. The van der Waals surface area contributed by atoms with E-state index in [4.69, 9.17) is 16.7 Å². The molecule has 0 radical (unpaired) electrons. The van der Waals surface area contributed by atoms with Gasteiger partial charge in [0.05, 0.1) is 12.2 Å². The summed E-state index contributed by atoms with van der Waals surface area (Å²) < 4.78 is 1.97. The van der Waals surface area contributed by atoms with Gasteiger partial charge in [0.2, 0.25) is 0 Å². The molecule has 0 saturated heterocycles. The molecule has 6 nitrogen and oxygen atoms in total. The number of benzene rings is 2. The van der Waals surface area contributed by atoms with Gasteiger partial charge in [0.1, 0.15) is 5.82 Å². The largest absolute Gasteiger partial charge is 0.481 e. The number of rotatable bonds is 10. The highest BCUT2D eigenvalue weighted by atomic mass is 35.5. The standard InChI is InChI=1S/C26H25ClN4O2/c27-24-9-5-4-8-23(24)21-16-30-31(18-21)22(14-19-6-2-1-3-7-19)17-29-25-12-10-20(15-28-25)11-13-26(32)33/h1-10,12,15-16,18,22H,11,13-14,17H2,(H,28,29)(H,32,33)/t22-/m0/s1. The maximum absolute atomic E-state index is 10.8. The third-order valence-corrected chi connectivity index (χ3v) is 5.78. The maximum atomic E-state index is 10.8. The molecule has 0 bridgehead atoms. The Hall–Kier alpha value is -3.64. The fourth-order valence-corrected chi connectivity index (χ4v) is 3.91. The summed E-state index contributed by atoms with van der Waals surface area (Å²) in [6.45, 7) is 0.625. The first-order valence-electron chi connectivity index (χ1n) is 10.8. The lowest BCUT2D eigenvalue weighted by molar-refractivity contribution is -0.136. The van der Waals surface area contributed by atoms with Crippen molar-refractivity contribution in [1.29, 1.82) is 0 Å². The van der Waals surface area contributed by atoms with E-state index in [2.05, 4.69) is 27.5 Å². The van der Waals surface area contributed by atoms with E-state index < -0.39 is 5.97 Å². The Labute approximate surface area is 197 Å². The zero-order valence-electron chi connectivity index (χ0n) is 18.1. The molecule has 0 unspecified atom stereocenters. The smallest absolute Gasteiger partial charge is 0.303 e. The van der Waals surface area contributed by atoms with Crippen molar-refractivity contribution in [2.24, 2.45) is 0 Å². The van der Waals surface area contributed by atoms with Crippen molar-refractivity contribution in [2.75, 3.05) is 11.9 Å². The third kappa shape index (κ3) is 6.20. The molecule has 1 atom stereocenters. The van der Waals surface area contributed by atoms with Crippen molar-refractivity contribution in [3.63, 3.8) is 0 Å². The van der Waals surface area contributed by atoms with Gasteiger partial charge in [0, 0.05) is 41.5 Å². The monoisotopic (exact) mass is 460 g/mol. The van der Waals surface area contributed by atoms with Crippen LogP contribution in [0.1, 0.15) is 23.6 Å². The molecular formula is C26H25ClN4O2. The van der Waals surface area contributed by atoms with Crippen molar-refractivity contribution in [3.8, 4) is 11.1 Å². The molecule has 0 amide bonds. The van der Waals surface area contributed by atoms with Gasteiger partial charge < -0.3 is 10.4 Å². The summed E-state index contributed by atoms with van der Waals surface area (Å²) in [6, 6.07) is 21.9. The fraction of sp³-hybridized carbons (Fsp3) is 0.192. The second-order valence-electron chi connectivity index (χ2n) is 7.86. The molecule has 4 aromatic rings. The number of nitrogens with one attached hydrogen (secondary N) is 1. The van der Waals surface area contributed by atoms with Gasteiger partial charge >= 0.3 is 5.97 Å². The zero-order chi connectivity index (χ0) is 23.0. The molecule has 0 aliphatic rings. The van der Waals surface area contributed by atoms with E-state index >= 15 is 0 Å². The van der Waals surface area contributed by atoms with E-state index in [1.165, 1.54) is 5.56 Å². The molecule has 2 aromatic heterocycles. The summed E-state index contributed by atoms with van der Waals surface area (Å²) in [4.78, 5) is 15.2. The van der Waals surface area contributed by atoms with E-state index in [9.17, 15) is 4.79 Å². The Balaban J connectivity index is 1.50. The van der Waals surface area contributed by atoms with Gasteiger partial charge in [-0.15, -0.1) is 0 Å². The van der Waals surface area contributed by atoms with Gasteiger partial charge in [-0.3, -0.25) is 9.48 Å². The zero-order valence-corrected chi connectivity index (χ0v) is 18.8. The van der Waals surface area contributed by atoms with Crippen LogP contribution in [0.25, 0.3) is 11.1 Å². The number of aryl methyl sites for hydroxylation is 1. The van der Waals surface area contributed by atoms with E-state index in [-0.39, 0.29) is 12.5 Å². The third-order valence-electron chi connectivity index (χ3n) is 5.45. The summed E-state index contributed by atoms with van der Waals surface area (Å²) >= 11 is 6.38. The van der Waals surface area contributed by atoms with Crippen molar-refractivity contribution in [1.82, 2.24) is 14.8 Å². The van der Waals surface area contributed by atoms with Crippen molar-refractivity contribution in [3.05, 3.63) is 101 Å². The van der Waals surface area contributed by atoms with Gasteiger partial charge in [0.15, 0.2) is 0 Å². The van der Waals surface area contributed by atoms with Crippen molar-refractivity contribution in [2.45, 2.75) is 25.3 Å². The number of carbonyl (C=O) groups is 1.